The molecule has 1 rings (SSSR count). The van der Waals surface area contributed by atoms with Crippen LogP contribution in [0.15, 0.2) is 0 Å². The highest BCUT2D eigenvalue weighted by Crippen LogP contribution is 2.38. The Morgan fingerprint density at radius 2 is 1.89 bits per heavy atom. The summed E-state index contributed by atoms with van der Waals surface area (Å²) in [7, 11) is 0. The first-order valence-electron chi connectivity index (χ1n) is 8.14. The lowest BCUT2D eigenvalue weighted by Gasteiger charge is -2.38. The van der Waals surface area contributed by atoms with Crippen molar-refractivity contribution in [1.29, 1.82) is 0 Å². The van der Waals surface area contributed by atoms with Gasteiger partial charge in [-0.2, -0.15) is 0 Å². The van der Waals surface area contributed by atoms with Crippen molar-refractivity contribution in [1.82, 2.24) is 5.32 Å². The summed E-state index contributed by atoms with van der Waals surface area (Å²) in [5.41, 5.74) is 0.233. The van der Waals surface area contributed by atoms with Crippen molar-refractivity contribution in [2.75, 3.05) is 6.54 Å². The molecule has 0 radical (unpaired) electrons. The maximum absolute atomic E-state index is 5.46. The zero-order valence-corrected chi connectivity index (χ0v) is 13.5. The molecule has 3 unspecified atom stereocenters. The van der Waals surface area contributed by atoms with Gasteiger partial charge in [0, 0.05) is 12.0 Å². The topological polar surface area (TPSA) is 12.0 Å². The van der Waals surface area contributed by atoms with Gasteiger partial charge in [-0.05, 0) is 64.3 Å². The van der Waals surface area contributed by atoms with Crippen LogP contribution in [0.25, 0.3) is 0 Å². The quantitative estimate of drug-likeness (QED) is 0.689. The molecule has 1 fully saturated rings. The minimum Gasteiger partial charge on any atom is -0.312 e. The number of hydrogen-bond acceptors (Lipinski definition) is 1. The van der Waals surface area contributed by atoms with E-state index in [9.17, 15) is 0 Å². The summed E-state index contributed by atoms with van der Waals surface area (Å²) in [6.07, 6.45) is 14.6. The molecule has 3 atom stereocenters. The van der Waals surface area contributed by atoms with E-state index in [1.54, 1.807) is 0 Å². The minimum absolute atomic E-state index is 0.233. The Labute approximate surface area is 120 Å². The van der Waals surface area contributed by atoms with E-state index in [4.69, 9.17) is 6.42 Å². The highest BCUT2D eigenvalue weighted by Gasteiger charge is 2.30. The number of nitrogens with one attached hydrogen (secondary N) is 1. The first-order chi connectivity index (χ1) is 8.96. The van der Waals surface area contributed by atoms with Gasteiger partial charge < -0.3 is 5.32 Å². The SMILES string of the molecule is C#CCCC1CC(CCC)CCC1CNC(C)(C)C. The van der Waals surface area contributed by atoms with Gasteiger partial charge in [0.15, 0.2) is 0 Å². The highest BCUT2D eigenvalue weighted by atomic mass is 14.9. The van der Waals surface area contributed by atoms with E-state index in [2.05, 4.69) is 38.9 Å². The fourth-order valence-corrected chi connectivity index (χ4v) is 3.42. The molecule has 19 heavy (non-hydrogen) atoms. The molecule has 0 amide bonds. The standard InChI is InChI=1S/C18H33N/c1-6-8-10-16-13-15(9-7-2)11-12-17(16)14-19-18(3,4)5/h1,15-17,19H,7-14H2,2-5H3. The average Bonchev–Trinajstić information content (AvgIpc) is 2.34. The molecular formula is C18H33N. The molecule has 110 valence electrons. The fourth-order valence-electron chi connectivity index (χ4n) is 3.42. The van der Waals surface area contributed by atoms with Gasteiger partial charge in [-0.1, -0.05) is 26.2 Å². The van der Waals surface area contributed by atoms with E-state index in [1.807, 2.05) is 0 Å². The predicted octanol–water partition coefficient (Wildman–Crippen LogP) is 4.62. The van der Waals surface area contributed by atoms with Gasteiger partial charge in [-0.25, -0.2) is 0 Å². The van der Waals surface area contributed by atoms with Gasteiger partial charge in [-0.3, -0.25) is 0 Å². The van der Waals surface area contributed by atoms with Crippen molar-refractivity contribution in [2.24, 2.45) is 17.8 Å². The van der Waals surface area contributed by atoms with Crippen LogP contribution in [0.5, 0.6) is 0 Å². The van der Waals surface area contributed by atoms with Crippen LogP contribution in [0, 0.1) is 30.1 Å². The Bertz CT molecular complexity index is 281. The molecule has 0 bridgehead atoms. The van der Waals surface area contributed by atoms with E-state index in [0.29, 0.717) is 0 Å². The fraction of sp³-hybridized carbons (Fsp3) is 0.889. The summed E-state index contributed by atoms with van der Waals surface area (Å²) in [6, 6.07) is 0. The molecule has 0 spiro atoms. The van der Waals surface area contributed by atoms with Crippen LogP contribution < -0.4 is 5.32 Å². The Kier molecular flexibility index (Phi) is 6.94. The lowest BCUT2D eigenvalue weighted by molar-refractivity contribution is 0.153. The summed E-state index contributed by atoms with van der Waals surface area (Å²) in [5, 5.41) is 3.69. The van der Waals surface area contributed by atoms with Crippen molar-refractivity contribution >= 4 is 0 Å². The van der Waals surface area contributed by atoms with E-state index in [1.165, 1.54) is 38.5 Å². The van der Waals surface area contributed by atoms with Gasteiger partial charge in [0.25, 0.3) is 0 Å². The molecule has 1 saturated carbocycles. The summed E-state index contributed by atoms with van der Waals surface area (Å²) >= 11 is 0. The molecule has 0 aromatic carbocycles. The number of rotatable bonds is 6. The number of terminal acetylenes is 1. The molecule has 1 N–H and O–H groups in total. The summed E-state index contributed by atoms with van der Waals surface area (Å²) in [6.45, 7) is 10.2. The van der Waals surface area contributed by atoms with Crippen molar-refractivity contribution in [3.63, 3.8) is 0 Å². The van der Waals surface area contributed by atoms with Crippen LogP contribution in [0.4, 0.5) is 0 Å². The van der Waals surface area contributed by atoms with Crippen LogP contribution in [-0.4, -0.2) is 12.1 Å². The Hall–Kier alpha value is -0.480. The second kappa shape index (κ2) is 7.95. The second-order valence-corrected chi connectivity index (χ2v) is 7.36. The van der Waals surface area contributed by atoms with E-state index < -0.39 is 0 Å². The third-order valence-electron chi connectivity index (χ3n) is 4.50. The predicted molar refractivity (Wildman–Crippen MR) is 85.1 cm³/mol. The Morgan fingerprint density at radius 1 is 1.16 bits per heavy atom. The minimum atomic E-state index is 0.233. The van der Waals surface area contributed by atoms with Crippen molar-refractivity contribution in [2.45, 2.75) is 78.2 Å². The highest BCUT2D eigenvalue weighted by molar-refractivity contribution is 4.89. The third-order valence-corrected chi connectivity index (χ3v) is 4.50. The van der Waals surface area contributed by atoms with Crippen LogP contribution in [0.1, 0.15) is 72.6 Å². The third kappa shape index (κ3) is 6.48. The van der Waals surface area contributed by atoms with Gasteiger partial charge in [0.2, 0.25) is 0 Å². The zero-order chi connectivity index (χ0) is 14.3. The lowest BCUT2D eigenvalue weighted by Crippen LogP contribution is -2.42. The van der Waals surface area contributed by atoms with Gasteiger partial charge >= 0.3 is 0 Å². The molecule has 0 heterocycles. The van der Waals surface area contributed by atoms with E-state index >= 15 is 0 Å². The first-order valence-corrected chi connectivity index (χ1v) is 8.14. The van der Waals surface area contributed by atoms with Crippen molar-refractivity contribution < 1.29 is 0 Å². The summed E-state index contributed by atoms with van der Waals surface area (Å²) in [4.78, 5) is 0. The molecule has 0 saturated heterocycles. The molecule has 1 heteroatoms. The Morgan fingerprint density at radius 3 is 2.47 bits per heavy atom. The second-order valence-electron chi connectivity index (χ2n) is 7.36. The van der Waals surface area contributed by atoms with E-state index in [-0.39, 0.29) is 5.54 Å². The first kappa shape index (κ1) is 16.6. The van der Waals surface area contributed by atoms with Crippen LogP contribution in [0.3, 0.4) is 0 Å². The molecule has 1 aliphatic carbocycles. The molecule has 0 aliphatic heterocycles. The zero-order valence-electron chi connectivity index (χ0n) is 13.5. The molecular weight excluding hydrogens is 230 g/mol. The van der Waals surface area contributed by atoms with E-state index in [0.717, 1.165) is 30.7 Å². The Balaban J connectivity index is 2.50. The average molecular weight is 263 g/mol. The lowest BCUT2D eigenvalue weighted by atomic mass is 9.71. The summed E-state index contributed by atoms with van der Waals surface area (Å²) in [5.74, 6) is 5.47. The largest absolute Gasteiger partial charge is 0.312 e. The molecule has 0 aromatic rings. The van der Waals surface area contributed by atoms with Crippen molar-refractivity contribution in [3.8, 4) is 12.3 Å². The summed E-state index contributed by atoms with van der Waals surface area (Å²) < 4.78 is 0. The molecule has 1 nitrogen and oxygen atoms in total. The molecule has 0 aromatic heterocycles. The van der Waals surface area contributed by atoms with Gasteiger partial charge in [0.1, 0.15) is 0 Å². The van der Waals surface area contributed by atoms with Crippen LogP contribution >= 0.6 is 0 Å². The monoisotopic (exact) mass is 263 g/mol. The number of hydrogen-bond donors (Lipinski definition) is 1. The van der Waals surface area contributed by atoms with Crippen LogP contribution in [0.2, 0.25) is 0 Å². The maximum Gasteiger partial charge on any atom is 0.00966 e. The van der Waals surface area contributed by atoms with Gasteiger partial charge in [0.05, 0.1) is 0 Å². The van der Waals surface area contributed by atoms with Gasteiger partial charge in [-0.15, -0.1) is 12.3 Å². The smallest absolute Gasteiger partial charge is 0.00966 e. The van der Waals surface area contributed by atoms with Crippen molar-refractivity contribution in [3.05, 3.63) is 0 Å². The molecule has 1 aliphatic rings. The maximum atomic E-state index is 5.46. The van der Waals surface area contributed by atoms with Crippen LogP contribution in [-0.2, 0) is 0 Å². The normalized spacial score (nSPS) is 28.1.